The van der Waals surface area contributed by atoms with E-state index < -0.39 is 11.9 Å². The lowest BCUT2D eigenvalue weighted by Gasteiger charge is -2.02. The molecule has 5 nitrogen and oxygen atoms in total. The fraction of sp³-hybridized carbons (Fsp3) is 0.125. The maximum absolute atomic E-state index is 10.9. The van der Waals surface area contributed by atoms with Crippen molar-refractivity contribution < 1.29 is 19.4 Å². The van der Waals surface area contributed by atoms with Crippen molar-refractivity contribution in [1.82, 2.24) is 4.98 Å². The molecule has 0 fully saturated rings. The maximum atomic E-state index is 10.9. The van der Waals surface area contributed by atoms with Gasteiger partial charge < -0.3 is 14.6 Å². The molecule has 0 unspecified atom stereocenters. The van der Waals surface area contributed by atoms with E-state index in [1.54, 1.807) is 0 Å². The number of hydrogen-bond acceptors (Lipinski definition) is 5. The normalized spacial score (nSPS) is 9.31. The number of aromatic carboxylic acids is 1. The Labute approximate surface area is 74.0 Å². The number of esters is 1. The van der Waals surface area contributed by atoms with E-state index >= 15 is 0 Å². The van der Waals surface area contributed by atoms with Gasteiger partial charge in [-0.05, 0) is 12.1 Å². The molecular weight excluding hydrogens is 174 g/mol. The number of aromatic nitrogens is 1. The molecule has 0 amide bonds. The molecule has 1 heterocycles. The number of rotatable bonds is 2. The molecule has 0 spiro atoms. The molecule has 1 aromatic rings. The molecule has 0 aliphatic rings. The highest BCUT2D eigenvalue weighted by molar-refractivity contribution is 5.89. The summed E-state index contributed by atoms with van der Waals surface area (Å²) in [6.07, 6.45) is 0. The van der Waals surface area contributed by atoms with Crippen molar-refractivity contribution >= 4 is 11.9 Å². The molecule has 0 radical (unpaired) electrons. The lowest BCUT2D eigenvalue weighted by molar-refractivity contribution is -0.255. The van der Waals surface area contributed by atoms with Crippen LogP contribution in [0.4, 0.5) is 0 Å². The fourth-order valence-electron chi connectivity index (χ4n) is 0.767. The van der Waals surface area contributed by atoms with E-state index in [2.05, 4.69) is 9.72 Å². The summed E-state index contributed by atoms with van der Waals surface area (Å²) in [7, 11) is 1.19. The predicted molar refractivity (Wildman–Crippen MR) is 39.9 cm³/mol. The van der Waals surface area contributed by atoms with E-state index in [4.69, 9.17) is 0 Å². The second-order valence-corrected chi connectivity index (χ2v) is 2.19. The Bertz CT molecular complexity index is 348. The van der Waals surface area contributed by atoms with Crippen LogP contribution >= 0.6 is 0 Å². The lowest BCUT2D eigenvalue weighted by Crippen LogP contribution is -2.24. The van der Waals surface area contributed by atoms with Crippen LogP contribution in [-0.2, 0) is 4.74 Å². The highest BCUT2D eigenvalue weighted by Crippen LogP contribution is 1.99. The van der Waals surface area contributed by atoms with Gasteiger partial charge in [-0.25, -0.2) is 9.78 Å². The summed E-state index contributed by atoms with van der Waals surface area (Å²) in [4.78, 5) is 24.7. The van der Waals surface area contributed by atoms with Crippen molar-refractivity contribution in [2.45, 2.75) is 0 Å². The maximum Gasteiger partial charge on any atom is 0.356 e. The SMILES string of the molecule is COC(=O)c1cccc(C(=O)[O-])n1. The highest BCUT2D eigenvalue weighted by Gasteiger charge is 2.07. The van der Waals surface area contributed by atoms with E-state index in [1.165, 1.54) is 25.3 Å². The van der Waals surface area contributed by atoms with E-state index in [-0.39, 0.29) is 11.4 Å². The molecule has 0 saturated carbocycles. The first kappa shape index (κ1) is 9.18. The van der Waals surface area contributed by atoms with E-state index in [1.807, 2.05) is 0 Å². The van der Waals surface area contributed by atoms with Gasteiger partial charge in [0.15, 0.2) is 0 Å². The number of methoxy groups -OCH3 is 1. The first-order valence-corrected chi connectivity index (χ1v) is 3.42. The van der Waals surface area contributed by atoms with E-state index in [0.717, 1.165) is 0 Å². The molecule has 68 valence electrons. The van der Waals surface area contributed by atoms with Gasteiger partial charge in [0.25, 0.3) is 0 Å². The zero-order valence-electron chi connectivity index (χ0n) is 6.81. The summed E-state index contributed by atoms with van der Waals surface area (Å²) in [5.74, 6) is -2.10. The summed E-state index contributed by atoms with van der Waals surface area (Å²) in [6.45, 7) is 0. The van der Waals surface area contributed by atoms with Crippen LogP contribution in [0.2, 0.25) is 0 Å². The second kappa shape index (κ2) is 3.66. The lowest BCUT2D eigenvalue weighted by atomic mass is 10.3. The topological polar surface area (TPSA) is 79.3 Å². The van der Waals surface area contributed by atoms with Crippen molar-refractivity contribution in [1.29, 1.82) is 0 Å². The van der Waals surface area contributed by atoms with Crippen molar-refractivity contribution in [3.05, 3.63) is 29.6 Å². The van der Waals surface area contributed by atoms with E-state index in [0.29, 0.717) is 0 Å². The molecule has 1 rings (SSSR count). The van der Waals surface area contributed by atoms with E-state index in [9.17, 15) is 14.7 Å². The molecule has 0 bridgehead atoms. The van der Waals surface area contributed by atoms with Crippen LogP contribution < -0.4 is 5.11 Å². The minimum Gasteiger partial charge on any atom is -0.543 e. The summed E-state index contributed by atoms with van der Waals surface area (Å²) >= 11 is 0. The standard InChI is InChI=1S/C8H7NO4/c1-13-8(12)6-4-2-3-5(9-6)7(10)11/h2-4H,1H3,(H,10,11)/p-1. The first-order valence-electron chi connectivity index (χ1n) is 3.42. The quantitative estimate of drug-likeness (QED) is 0.558. The molecular formula is C8H6NO4-. The van der Waals surface area contributed by atoms with Crippen molar-refractivity contribution in [3.8, 4) is 0 Å². The van der Waals surface area contributed by atoms with Crippen LogP contribution in [0.5, 0.6) is 0 Å². The third kappa shape index (κ3) is 2.02. The van der Waals surface area contributed by atoms with Crippen molar-refractivity contribution in [2.75, 3.05) is 7.11 Å². The Kier molecular flexibility index (Phi) is 2.59. The van der Waals surface area contributed by atoms with Crippen molar-refractivity contribution in [2.24, 2.45) is 0 Å². The Morgan fingerprint density at radius 2 is 2.00 bits per heavy atom. The Morgan fingerprint density at radius 3 is 2.54 bits per heavy atom. The van der Waals surface area contributed by atoms with Crippen LogP contribution in [0.1, 0.15) is 21.0 Å². The van der Waals surface area contributed by atoms with Crippen molar-refractivity contribution in [3.63, 3.8) is 0 Å². The number of carboxylic acid groups (broad SMARTS) is 1. The third-order valence-corrected chi connectivity index (χ3v) is 1.35. The highest BCUT2D eigenvalue weighted by atomic mass is 16.5. The number of hydrogen-bond donors (Lipinski definition) is 0. The zero-order valence-corrected chi connectivity index (χ0v) is 6.81. The molecule has 0 aromatic carbocycles. The van der Waals surface area contributed by atoms with Crippen LogP contribution in [-0.4, -0.2) is 24.0 Å². The average Bonchev–Trinajstić information content (AvgIpc) is 2.17. The van der Waals surface area contributed by atoms with Gasteiger partial charge in [0.05, 0.1) is 18.8 Å². The third-order valence-electron chi connectivity index (χ3n) is 1.35. The zero-order chi connectivity index (χ0) is 9.84. The van der Waals surface area contributed by atoms with Gasteiger partial charge in [-0.1, -0.05) is 6.07 Å². The minimum absolute atomic E-state index is 0.0517. The summed E-state index contributed by atoms with van der Waals surface area (Å²) in [6, 6.07) is 3.99. The summed E-state index contributed by atoms with van der Waals surface area (Å²) in [5, 5.41) is 10.3. The molecule has 0 aliphatic carbocycles. The summed E-state index contributed by atoms with van der Waals surface area (Å²) in [5.41, 5.74) is -0.341. The van der Waals surface area contributed by atoms with Gasteiger partial charge in [0, 0.05) is 0 Å². The molecule has 0 N–H and O–H groups in total. The average molecular weight is 180 g/mol. The van der Waals surface area contributed by atoms with Gasteiger partial charge in [0.2, 0.25) is 0 Å². The smallest absolute Gasteiger partial charge is 0.356 e. The van der Waals surface area contributed by atoms with Crippen LogP contribution in [0, 0.1) is 0 Å². The minimum atomic E-state index is -1.43. The molecule has 13 heavy (non-hydrogen) atoms. The number of nitrogens with zero attached hydrogens (tertiary/aromatic N) is 1. The second-order valence-electron chi connectivity index (χ2n) is 2.19. The molecule has 0 saturated heterocycles. The monoisotopic (exact) mass is 180 g/mol. The molecule has 0 atom stereocenters. The number of carbonyl (C=O) groups is 2. The Hall–Kier alpha value is -1.91. The van der Waals surface area contributed by atoms with Crippen LogP contribution in [0.3, 0.4) is 0 Å². The number of pyridine rings is 1. The number of carboxylic acids is 1. The predicted octanol–water partition coefficient (Wildman–Crippen LogP) is -0.768. The van der Waals surface area contributed by atoms with Gasteiger partial charge in [-0.3, -0.25) is 0 Å². The first-order chi connectivity index (χ1) is 6.15. The Balaban J connectivity index is 3.05. The number of ether oxygens (including phenoxy) is 1. The fourth-order valence-corrected chi connectivity index (χ4v) is 0.767. The van der Waals surface area contributed by atoms with Crippen LogP contribution in [0.15, 0.2) is 18.2 Å². The Morgan fingerprint density at radius 1 is 1.38 bits per heavy atom. The molecule has 5 heteroatoms. The summed E-state index contributed by atoms with van der Waals surface area (Å²) < 4.78 is 4.36. The van der Waals surface area contributed by atoms with Gasteiger partial charge in [-0.15, -0.1) is 0 Å². The number of carbonyl (C=O) groups excluding carboxylic acids is 2. The largest absolute Gasteiger partial charge is 0.543 e. The van der Waals surface area contributed by atoms with Crippen LogP contribution in [0.25, 0.3) is 0 Å². The van der Waals surface area contributed by atoms with Gasteiger partial charge in [0.1, 0.15) is 5.69 Å². The van der Waals surface area contributed by atoms with Gasteiger partial charge >= 0.3 is 5.97 Å². The van der Waals surface area contributed by atoms with Gasteiger partial charge in [-0.2, -0.15) is 0 Å². The molecule has 0 aliphatic heterocycles. The molecule has 1 aromatic heterocycles.